The zero-order chi connectivity index (χ0) is 14.7. The predicted molar refractivity (Wildman–Crippen MR) is 82.9 cm³/mol. The summed E-state index contributed by atoms with van der Waals surface area (Å²) >= 11 is 7.54. The summed E-state index contributed by atoms with van der Waals surface area (Å²) in [6, 6.07) is 6.69. The number of thiol groups is 1. The summed E-state index contributed by atoms with van der Waals surface area (Å²) in [7, 11) is 0. The van der Waals surface area contributed by atoms with Gasteiger partial charge in [-0.05, 0) is 29.4 Å². The summed E-state index contributed by atoms with van der Waals surface area (Å²) in [5, 5.41) is 9.40. The largest absolute Gasteiger partial charge is 0.480 e. The van der Waals surface area contributed by atoms with Crippen LogP contribution in [0.4, 0.5) is 0 Å². The van der Waals surface area contributed by atoms with Gasteiger partial charge in [0.2, 0.25) is 5.91 Å². The molecule has 1 N–H and O–H groups in total. The third kappa shape index (κ3) is 3.55. The maximum atomic E-state index is 12.0. The van der Waals surface area contributed by atoms with Crippen molar-refractivity contribution in [3.8, 4) is 0 Å². The molecule has 1 aliphatic heterocycles. The summed E-state index contributed by atoms with van der Waals surface area (Å²) < 4.78 is 0.945. The van der Waals surface area contributed by atoms with Crippen molar-refractivity contribution in [1.82, 2.24) is 4.90 Å². The number of halogens is 1. The third-order valence-corrected chi connectivity index (χ3v) is 4.55. The van der Waals surface area contributed by atoms with Gasteiger partial charge in [-0.15, -0.1) is 0 Å². The first-order valence-electron chi connectivity index (χ1n) is 6.39. The first-order valence-corrected chi connectivity index (χ1v) is 7.81. The summed E-state index contributed by atoms with van der Waals surface area (Å²) in [6.07, 6.45) is 0.723. The number of amides is 1. The van der Waals surface area contributed by atoms with E-state index in [0.29, 0.717) is 25.1 Å². The molecule has 2 unspecified atom stereocenters. The fraction of sp³-hybridized carbons (Fsp3) is 0.429. The second kappa shape index (κ2) is 6.63. The highest BCUT2D eigenvalue weighted by atomic mass is 79.9. The Balaban J connectivity index is 2.13. The van der Waals surface area contributed by atoms with Crippen molar-refractivity contribution < 1.29 is 14.7 Å². The van der Waals surface area contributed by atoms with Crippen LogP contribution < -0.4 is 0 Å². The lowest BCUT2D eigenvalue weighted by atomic mass is 10.0. The van der Waals surface area contributed by atoms with Crippen LogP contribution in [0.15, 0.2) is 28.7 Å². The molecule has 1 heterocycles. The monoisotopic (exact) mass is 357 g/mol. The van der Waals surface area contributed by atoms with Gasteiger partial charge in [0.1, 0.15) is 6.04 Å². The highest BCUT2D eigenvalue weighted by Gasteiger charge is 2.37. The van der Waals surface area contributed by atoms with E-state index in [-0.39, 0.29) is 11.8 Å². The van der Waals surface area contributed by atoms with Gasteiger partial charge in [-0.2, -0.15) is 12.6 Å². The van der Waals surface area contributed by atoms with Crippen molar-refractivity contribution in [2.24, 2.45) is 5.92 Å². The van der Waals surface area contributed by atoms with Crippen molar-refractivity contribution in [2.75, 3.05) is 12.3 Å². The highest BCUT2D eigenvalue weighted by Crippen LogP contribution is 2.23. The number of rotatable bonds is 5. The lowest BCUT2D eigenvalue weighted by molar-refractivity contribution is -0.148. The van der Waals surface area contributed by atoms with Crippen LogP contribution in [-0.4, -0.2) is 40.2 Å². The minimum absolute atomic E-state index is 0.0893. The number of likely N-dealkylation sites (tertiary alicyclic amines) is 1. The van der Waals surface area contributed by atoms with Crippen molar-refractivity contribution >= 4 is 40.4 Å². The van der Waals surface area contributed by atoms with Crippen LogP contribution in [0.1, 0.15) is 12.0 Å². The summed E-state index contributed by atoms with van der Waals surface area (Å²) in [5.41, 5.74) is 0.905. The van der Waals surface area contributed by atoms with E-state index in [1.54, 1.807) is 0 Å². The molecule has 0 spiro atoms. The molecule has 20 heavy (non-hydrogen) atoms. The lowest BCUT2D eigenvalue weighted by Gasteiger charge is -2.24. The number of benzene rings is 1. The Morgan fingerprint density at radius 1 is 1.45 bits per heavy atom. The summed E-state index contributed by atoms with van der Waals surface area (Å²) in [4.78, 5) is 24.9. The van der Waals surface area contributed by atoms with E-state index in [1.807, 2.05) is 24.3 Å². The molecule has 1 fully saturated rings. The van der Waals surface area contributed by atoms with Crippen LogP contribution in [-0.2, 0) is 16.0 Å². The van der Waals surface area contributed by atoms with E-state index in [1.165, 1.54) is 4.90 Å². The molecule has 4 nitrogen and oxygen atoms in total. The number of nitrogens with zero attached hydrogens (tertiary/aromatic N) is 1. The van der Waals surface area contributed by atoms with E-state index < -0.39 is 12.0 Å². The van der Waals surface area contributed by atoms with Gasteiger partial charge in [0.25, 0.3) is 0 Å². The second-order valence-electron chi connectivity index (χ2n) is 4.98. The van der Waals surface area contributed by atoms with Crippen molar-refractivity contribution in [3.63, 3.8) is 0 Å². The number of carbonyl (C=O) groups is 2. The molecule has 2 rings (SSSR count). The van der Waals surface area contributed by atoms with E-state index in [0.717, 1.165) is 10.0 Å². The molecule has 0 bridgehead atoms. The number of carbonyl (C=O) groups excluding carboxylic acids is 1. The summed E-state index contributed by atoms with van der Waals surface area (Å²) in [6.45, 7) is 0.482. The molecule has 0 aromatic heterocycles. The first kappa shape index (κ1) is 15.4. The predicted octanol–water partition coefficient (Wildman–Crippen LogP) is 2.22. The van der Waals surface area contributed by atoms with Gasteiger partial charge in [0.15, 0.2) is 0 Å². The molecule has 0 saturated carbocycles. The molecule has 108 valence electrons. The van der Waals surface area contributed by atoms with Gasteiger partial charge in [-0.1, -0.05) is 28.1 Å². The fourth-order valence-corrected chi connectivity index (χ4v) is 2.92. The van der Waals surface area contributed by atoms with E-state index >= 15 is 0 Å². The van der Waals surface area contributed by atoms with Gasteiger partial charge in [-0.25, -0.2) is 4.79 Å². The first-order chi connectivity index (χ1) is 9.51. The Morgan fingerprint density at radius 3 is 2.60 bits per heavy atom. The van der Waals surface area contributed by atoms with Crippen molar-refractivity contribution in [3.05, 3.63) is 34.3 Å². The molecule has 2 atom stereocenters. The van der Waals surface area contributed by atoms with Crippen LogP contribution in [0, 0.1) is 5.92 Å². The van der Waals surface area contributed by atoms with E-state index in [9.17, 15) is 14.7 Å². The minimum Gasteiger partial charge on any atom is -0.480 e. The molecule has 6 heteroatoms. The molecule has 1 aromatic rings. The van der Waals surface area contributed by atoms with Gasteiger partial charge in [0.05, 0.1) is 0 Å². The highest BCUT2D eigenvalue weighted by molar-refractivity contribution is 9.10. The Hall–Kier alpha value is -1.01. The fourth-order valence-electron chi connectivity index (χ4n) is 2.41. The summed E-state index contributed by atoms with van der Waals surface area (Å²) in [5.74, 6) is -0.292. The molecular formula is C14H16BrNO3S. The van der Waals surface area contributed by atoms with Crippen LogP contribution >= 0.6 is 28.6 Å². The lowest BCUT2D eigenvalue weighted by Crippen LogP contribution is -2.43. The van der Waals surface area contributed by atoms with Gasteiger partial charge >= 0.3 is 5.97 Å². The Morgan fingerprint density at radius 2 is 2.10 bits per heavy atom. The van der Waals surface area contributed by atoms with Gasteiger partial charge in [-0.3, -0.25) is 4.79 Å². The van der Waals surface area contributed by atoms with Crippen LogP contribution in [0.2, 0.25) is 0 Å². The maximum Gasteiger partial charge on any atom is 0.326 e. The molecule has 1 amide bonds. The normalized spacial score (nSPS) is 20.2. The maximum absolute atomic E-state index is 12.0. The van der Waals surface area contributed by atoms with Crippen LogP contribution in [0.25, 0.3) is 0 Å². The number of carboxylic acid groups (broad SMARTS) is 1. The van der Waals surface area contributed by atoms with Crippen molar-refractivity contribution in [1.29, 1.82) is 0 Å². The van der Waals surface area contributed by atoms with E-state index in [2.05, 4.69) is 28.6 Å². The average Bonchev–Trinajstić information content (AvgIpc) is 2.79. The molecule has 0 aliphatic carbocycles. The van der Waals surface area contributed by atoms with Crippen LogP contribution in [0.5, 0.6) is 0 Å². The van der Waals surface area contributed by atoms with Crippen LogP contribution in [0.3, 0.4) is 0 Å². The zero-order valence-electron chi connectivity index (χ0n) is 10.8. The molecule has 1 aromatic carbocycles. The number of carboxylic acids is 1. The molecule has 1 aliphatic rings. The SMILES string of the molecule is O=C(O)C(Cc1ccc(Br)cc1)N1CC(CS)CC1=O. The van der Waals surface area contributed by atoms with Gasteiger partial charge in [0, 0.05) is 23.9 Å². The third-order valence-electron chi connectivity index (χ3n) is 3.50. The molecular weight excluding hydrogens is 342 g/mol. The topological polar surface area (TPSA) is 57.6 Å². The quantitative estimate of drug-likeness (QED) is 0.794. The van der Waals surface area contributed by atoms with Crippen molar-refractivity contribution in [2.45, 2.75) is 18.9 Å². The smallest absolute Gasteiger partial charge is 0.326 e. The Bertz CT molecular complexity index is 506. The number of hydrogen-bond donors (Lipinski definition) is 2. The molecule has 0 radical (unpaired) electrons. The average molecular weight is 358 g/mol. The van der Waals surface area contributed by atoms with Gasteiger partial charge < -0.3 is 10.0 Å². The Kier molecular flexibility index (Phi) is 5.10. The number of aliphatic carboxylic acids is 1. The minimum atomic E-state index is -0.957. The second-order valence-corrected chi connectivity index (χ2v) is 6.26. The Labute approximate surface area is 131 Å². The zero-order valence-corrected chi connectivity index (χ0v) is 13.3. The van der Waals surface area contributed by atoms with E-state index in [4.69, 9.17) is 0 Å². The standard InChI is InChI=1S/C14H16BrNO3S/c15-11-3-1-9(2-4-11)5-12(14(18)19)16-7-10(8-20)6-13(16)17/h1-4,10,12,20H,5-8H2,(H,18,19). The molecule has 1 saturated heterocycles. The number of hydrogen-bond acceptors (Lipinski definition) is 3.